The lowest BCUT2D eigenvalue weighted by Crippen LogP contribution is -2.09. The van der Waals surface area contributed by atoms with E-state index >= 15 is 0 Å². The maximum Gasteiger partial charge on any atom is 0.332 e. The highest BCUT2D eigenvalue weighted by molar-refractivity contribution is 9.10. The summed E-state index contributed by atoms with van der Waals surface area (Å²) in [7, 11) is 1.36. The third-order valence-electron chi connectivity index (χ3n) is 2.86. The second kappa shape index (κ2) is 6.65. The quantitative estimate of drug-likeness (QED) is 0.641. The second-order valence-electron chi connectivity index (χ2n) is 4.34. The molecule has 1 aromatic heterocycles. The standard InChI is InChI=1S/C13H12BrFN4O3/c1-7-11(19(20)21)12(18-13(17-7)22-2)16-6-8-3-4-9(14)5-10(8)15/h3-5H,6H2,1-2H3,(H,16,17,18). The molecule has 0 aliphatic rings. The predicted octanol–water partition coefficient (Wildman–Crippen LogP) is 3.22. The van der Waals surface area contributed by atoms with Crippen molar-refractivity contribution < 1.29 is 14.1 Å². The monoisotopic (exact) mass is 370 g/mol. The fourth-order valence-electron chi connectivity index (χ4n) is 1.82. The molecule has 0 bridgehead atoms. The van der Waals surface area contributed by atoms with Gasteiger partial charge in [0.2, 0.25) is 5.82 Å². The summed E-state index contributed by atoms with van der Waals surface area (Å²) < 4.78 is 19.3. The number of ether oxygens (including phenoxy) is 1. The van der Waals surface area contributed by atoms with Crippen molar-refractivity contribution in [1.82, 2.24) is 9.97 Å². The first-order valence-electron chi connectivity index (χ1n) is 6.17. The predicted molar refractivity (Wildman–Crippen MR) is 81.4 cm³/mol. The van der Waals surface area contributed by atoms with Crippen molar-refractivity contribution in [3.05, 3.63) is 49.9 Å². The van der Waals surface area contributed by atoms with Crippen LogP contribution in [0.2, 0.25) is 0 Å². The molecule has 0 amide bonds. The Balaban J connectivity index is 2.32. The average Bonchev–Trinajstić information content (AvgIpc) is 2.45. The van der Waals surface area contributed by atoms with Gasteiger partial charge in [0.05, 0.1) is 12.0 Å². The number of rotatable bonds is 5. The van der Waals surface area contributed by atoms with Crippen LogP contribution < -0.4 is 10.1 Å². The van der Waals surface area contributed by atoms with Crippen LogP contribution in [0.1, 0.15) is 11.3 Å². The smallest absolute Gasteiger partial charge is 0.332 e. The molecule has 1 aromatic carbocycles. The number of nitrogens with one attached hydrogen (secondary N) is 1. The molecule has 9 heteroatoms. The van der Waals surface area contributed by atoms with E-state index in [-0.39, 0.29) is 29.8 Å². The number of benzene rings is 1. The number of methoxy groups -OCH3 is 1. The van der Waals surface area contributed by atoms with Crippen LogP contribution in [0, 0.1) is 22.9 Å². The van der Waals surface area contributed by atoms with Crippen LogP contribution in [0.25, 0.3) is 0 Å². The molecule has 0 unspecified atom stereocenters. The number of hydrogen-bond donors (Lipinski definition) is 1. The van der Waals surface area contributed by atoms with Crippen molar-refractivity contribution in [3.8, 4) is 6.01 Å². The number of aromatic nitrogens is 2. The minimum absolute atomic E-state index is 0.00174. The molecule has 116 valence electrons. The molecule has 2 aromatic rings. The van der Waals surface area contributed by atoms with Crippen LogP contribution in [0.3, 0.4) is 0 Å². The number of anilines is 1. The molecular weight excluding hydrogens is 359 g/mol. The number of aryl methyl sites for hydroxylation is 1. The van der Waals surface area contributed by atoms with Gasteiger partial charge in [0.25, 0.3) is 0 Å². The normalized spacial score (nSPS) is 10.4. The van der Waals surface area contributed by atoms with Gasteiger partial charge in [0.15, 0.2) is 0 Å². The van der Waals surface area contributed by atoms with Gasteiger partial charge in [-0.2, -0.15) is 9.97 Å². The molecule has 1 heterocycles. The molecule has 0 saturated carbocycles. The van der Waals surface area contributed by atoms with Crippen molar-refractivity contribution in [1.29, 1.82) is 0 Å². The van der Waals surface area contributed by atoms with Crippen LogP contribution in [-0.4, -0.2) is 22.0 Å². The van der Waals surface area contributed by atoms with E-state index in [1.165, 1.54) is 20.1 Å². The van der Waals surface area contributed by atoms with Crippen LogP contribution >= 0.6 is 15.9 Å². The molecule has 0 fully saturated rings. The second-order valence-corrected chi connectivity index (χ2v) is 5.25. The van der Waals surface area contributed by atoms with Crippen molar-refractivity contribution in [2.24, 2.45) is 0 Å². The Morgan fingerprint density at radius 3 is 2.77 bits per heavy atom. The summed E-state index contributed by atoms with van der Waals surface area (Å²) in [4.78, 5) is 18.3. The first kappa shape index (κ1) is 16.1. The molecule has 2 rings (SSSR count). The summed E-state index contributed by atoms with van der Waals surface area (Å²) in [6.07, 6.45) is 0. The molecule has 0 aliphatic carbocycles. The Morgan fingerprint density at radius 2 is 2.18 bits per heavy atom. The number of halogens is 2. The highest BCUT2D eigenvalue weighted by Crippen LogP contribution is 2.28. The maximum absolute atomic E-state index is 13.8. The fraction of sp³-hybridized carbons (Fsp3) is 0.231. The van der Waals surface area contributed by atoms with Crippen molar-refractivity contribution in [2.45, 2.75) is 13.5 Å². The number of hydrogen-bond acceptors (Lipinski definition) is 6. The van der Waals surface area contributed by atoms with E-state index in [1.54, 1.807) is 12.1 Å². The zero-order valence-corrected chi connectivity index (χ0v) is 13.3. The van der Waals surface area contributed by atoms with E-state index < -0.39 is 10.7 Å². The van der Waals surface area contributed by atoms with E-state index in [2.05, 4.69) is 31.2 Å². The minimum Gasteiger partial charge on any atom is -0.467 e. The number of nitrogens with zero attached hydrogens (tertiary/aromatic N) is 3. The van der Waals surface area contributed by atoms with Gasteiger partial charge >= 0.3 is 11.7 Å². The van der Waals surface area contributed by atoms with Gasteiger partial charge in [0, 0.05) is 16.6 Å². The third-order valence-corrected chi connectivity index (χ3v) is 3.36. The van der Waals surface area contributed by atoms with Gasteiger partial charge in [-0.3, -0.25) is 10.1 Å². The first-order valence-corrected chi connectivity index (χ1v) is 6.96. The number of nitro groups is 1. The lowest BCUT2D eigenvalue weighted by Gasteiger charge is -2.09. The van der Waals surface area contributed by atoms with E-state index in [1.807, 2.05) is 0 Å². The maximum atomic E-state index is 13.8. The summed E-state index contributed by atoms with van der Waals surface area (Å²) >= 11 is 3.16. The van der Waals surface area contributed by atoms with Crippen molar-refractivity contribution >= 4 is 27.4 Å². The molecule has 0 atom stereocenters. The van der Waals surface area contributed by atoms with E-state index in [0.717, 1.165) is 0 Å². The van der Waals surface area contributed by atoms with Gasteiger partial charge in [-0.15, -0.1) is 0 Å². The largest absolute Gasteiger partial charge is 0.467 e. The van der Waals surface area contributed by atoms with Gasteiger partial charge in [0.1, 0.15) is 11.5 Å². The average molecular weight is 371 g/mol. The van der Waals surface area contributed by atoms with Gasteiger partial charge in [-0.05, 0) is 19.1 Å². The molecular formula is C13H12BrFN4O3. The summed E-state index contributed by atoms with van der Waals surface area (Å²) in [6, 6.07) is 4.57. The summed E-state index contributed by atoms with van der Waals surface area (Å²) in [6.45, 7) is 1.52. The van der Waals surface area contributed by atoms with Crippen LogP contribution in [0.5, 0.6) is 6.01 Å². The highest BCUT2D eigenvalue weighted by atomic mass is 79.9. The third kappa shape index (κ3) is 3.48. The van der Waals surface area contributed by atoms with Crippen LogP contribution in [0.4, 0.5) is 15.9 Å². The minimum atomic E-state index is -0.588. The Hall–Kier alpha value is -2.29. The molecule has 7 nitrogen and oxygen atoms in total. The lowest BCUT2D eigenvalue weighted by molar-refractivity contribution is -0.385. The van der Waals surface area contributed by atoms with Gasteiger partial charge < -0.3 is 10.1 Å². The highest BCUT2D eigenvalue weighted by Gasteiger charge is 2.22. The van der Waals surface area contributed by atoms with Gasteiger partial charge in [-0.1, -0.05) is 22.0 Å². The molecule has 22 heavy (non-hydrogen) atoms. The van der Waals surface area contributed by atoms with E-state index in [0.29, 0.717) is 10.0 Å². The zero-order chi connectivity index (χ0) is 16.3. The lowest BCUT2D eigenvalue weighted by atomic mass is 10.2. The summed E-state index contributed by atoms with van der Waals surface area (Å²) in [5, 5.41) is 13.9. The van der Waals surface area contributed by atoms with Crippen molar-refractivity contribution in [3.63, 3.8) is 0 Å². The Labute approximate surface area is 133 Å². The SMILES string of the molecule is COc1nc(C)c([N+](=O)[O-])c(NCc2ccc(Br)cc2F)n1. The topological polar surface area (TPSA) is 90.2 Å². The Bertz CT molecular complexity index is 727. The molecule has 0 radical (unpaired) electrons. The molecule has 0 saturated heterocycles. The van der Waals surface area contributed by atoms with E-state index in [4.69, 9.17) is 4.74 Å². The van der Waals surface area contributed by atoms with Gasteiger partial charge in [-0.25, -0.2) is 4.39 Å². The Morgan fingerprint density at radius 1 is 1.45 bits per heavy atom. The first-order chi connectivity index (χ1) is 10.4. The van der Waals surface area contributed by atoms with E-state index in [9.17, 15) is 14.5 Å². The molecule has 0 spiro atoms. The van der Waals surface area contributed by atoms with Crippen LogP contribution in [0.15, 0.2) is 22.7 Å². The zero-order valence-electron chi connectivity index (χ0n) is 11.8. The van der Waals surface area contributed by atoms with Crippen molar-refractivity contribution in [2.75, 3.05) is 12.4 Å². The summed E-state index contributed by atoms with van der Waals surface area (Å²) in [5.74, 6) is -0.445. The summed E-state index contributed by atoms with van der Waals surface area (Å²) in [5.41, 5.74) is 0.252. The molecule has 0 aliphatic heterocycles. The van der Waals surface area contributed by atoms with Crippen LogP contribution in [-0.2, 0) is 6.54 Å². The Kier molecular flexibility index (Phi) is 4.86. The molecule has 1 N–H and O–H groups in total. The fourth-order valence-corrected chi connectivity index (χ4v) is 2.15.